The molecule has 0 atom stereocenters. The minimum atomic E-state index is 0.0553. The van der Waals surface area contributed by atoms with Crippen molar-refractivity contribution in [3.05, 3.63) is 66.6 Å². The van der Waals surface area contributed by atoms with Gasteiger partial charge in [0.2, 0.25) is 5.91 Å². The molecule has 0 radical (unpaired) electrons. The van der Waals surface area contributed by atoms with Gasteiger partial charge in [0.05, 0.1) is 40.5 Å². The maximum absolute atomic E-state index is 12.2. The number of rotatable bonds is 5. The number of hydrogen-bond donors (Lipinski definition) is 3. The molecule has 6 heterocycles. The van der Waals surface area contributed by atoms with Crippen molar-refractivity contribution < 1.29 is 4.79 Å². The van der Waals surface area contributed by atoms with Crippen LogP contribution in [0.1, 0.15) is 12.8 Å². The van der Waals surface area contributed by atoms with Gasteiger partial charge in [0.15, 0.2) is 0 Å². The fourth-order valence-electron chi connectivity index (χ4n) is 4.29. The second-order valence-corrected chi connectivity index (χ2v) is 9.65. The summed E-state index contributed by atoms with van der Waals surface area (Å²) >= 11 is 1.69. The van der Waals surface area contributed by atoms with Crippen molar-refractivity contribution in [3.63, 3.8) is 0 Å². The van der Waals surface area contributed by atoms with Gasteiger partial charge in [-0.05, 0) is 48.6 Å². The Kier molecular flexibility index (Phi) is 4.49. The summed E-state index contributed by atoms with van der Waals surface area (Å²) < 4.78 is 0. The summed E-state index contributed by atoms with van der Waals surface area (Å²) in [7, 11) is 0. The van der Waals surface area contributed by atoms with Crippen molar-refractivity contribution in [1.82, 2.24) is 30.1 Å². The lowest BCUT2D eigenvalue weighted by atomic mass is 10.1. The lowest BCUT2D eigenvalue weighted by molar-refractivity contribution is -0.117. The van der Waals surface area contributed by atoms with Crippen LogP contribution in [0, 0.1) is 5.92 Å². The number of nitrogens with one attached hydrogen (secondary N) is 3. The van der Waals surface area contributed by atoms with E-state index < -0.39 is 0 Å². The van der Waals surface area contributed by atoms with Gasteiger partial charge in [-0.15, -0.1) is 11.3 Å². The van der Waals surface area contributed by atoms with Crippen LogP contribution in [0.25, 0.3) is 55.0 Å². The van der Waals surface area contributed by atoms with Gasteiger partial charge in [-0.1, -0.05) is 6.07 Å². The normalized spacial score (nSPS) is 13.5. The fraction of sp³-hybridized carbons (Fsp3) is 0.115. The van der Waals surface area contributed by atoms with Gasteiger partial charge >= 0.3 is 0 Å². The molecule has 1 fully saturated rings. The fourth-order valence-corrected chi connectivity index (χ4v) is 5.04. The third-order valence-electron chi connectivity index (χ3n) is 6.24. The molecular weight excluding hydrogens is 458 g/mol. The van der Waals surface area contributed by atoms with E-state index in [2.05, 4.69) is 48.0 Å². The number of hydrogen-bond acceptors (Lipinski definition) is 6. The van der Waals surface area contributed by atoms with E-state index in [-0.39, 0.29) is 11.8 Å². The first-order chi connectivity index (χ1) is 17.2. The van der Waals surface area contributed by atoms with Crippen molar-refractivity contribution in [1.29, 1.82) is 0 Å². The monoisotopic (exact) mass is 477 g/mol. The minimum Gasteiger partial charge on any atom is -0.352 e. The third-order valence-corrected chi connectivity index (χ3v) is 7.15. The van der Waals surface area contributed by atoms with Crippen molar-refractivity contribution in [2.75, 3.05) is 5.32 Å². The molecule has 6 aromatic heterocycles. The lowest BCUT2D eigenvalue weighted by Gasteiger charge is -2.06. The molecule has 170 valence electrons. The highest BCUT2D eigenvalue weighted by atomic mass is 32.1. The highest BCUT2D eigenvalue weighted by molar-refractivity contribution is 7.13. The van der Waals surface area contributed by atoms with Crippen LogP contribution in [0.2, 0.25) is 0 Å². The summed E-state index contributed by atoms with van der Waals surface area (Å²) in [5, 5.41) is 13.8. The second kappa shape index (κ2) is 7.85. The van der Waals surface area contributed by atoms with Crippen LogP contribution in [0.5, 0.6) is 0 Å². The van der Waals surface area contributed by atoms with Gasteiger partial charge < -0.3 is 10.3 Å². The molecule has 1 aliphatic carbocycles. The van der Waals surface area contributed by atoms with Crippen LogP contribution in [-0.4, -0.2) is 36.0 Å². The van der Waals surface area contributed by atoms with Gasteiger partial charge in [0.25, 0.3) is 0 Å². The predicted molar refractivity (Wildman–Crippen MR) is 137 cm³/mol. The Bertz CT molecular complexity index is 1710. The number of aromatic nitrogens is 6. The summed E-state index contributed by atoms with van der Waals surface area (Å²) in [5.41, 5.74) is 7.49. The topological polar surface area (TPSA) is 112 Å². The largest absolute Gasteiger partial charge is 0.352 e. The smallest absolute Gasteiger partial charge is 0.227 e. The molecular formula is C26H19N7OS. The Labute approximate surface area is 203 Å². The van der Waals surface area contributed by atoms with E-state index in [1.165, 1.54) is 4.88 Å². The number of amides is 1. The summed E-state index contributed by atoms with van der Waals surface area (Å²) in [5.74, 6) is 0.188. The first kappa shape index (κ1) is 20.0. The molecule has 0 spiro atoms. The molecule has 7 rings (SSSR count). The van der Waals surface area contributed by atoms with E-state index in [0.717, 1.165) is 63.0 Å². The molecule has 6 aromatic rings. The van der Waals surface area contributed by atoms with E-state index in [4.69, 9.17) is 4.98 Å². The van der Waals surface area contributed by atoms with E-state index in [1.54, 1.807) is 23.7 Å². The Morgan fingerprint density at radius 2 is 1.94 bits per heavy atom. The SMILES string of the molecule is O=C(Nc1cncc(-c2ccc3[nH]nc(-c4cc5c(-c6cccs6)cncc5[nH]4)c3n2)c1)C1CC1. The summed E-state index contributed by atoms with van der Waals surface area (Å²) in [6.45, 7) is 0. The van der Waals surface area contributed by atoms with E-state index in [1.807, 2.05) is 36.7 Å². The van der Waals surface area contributed by atoms with Crippen LogP contribution in [0.15, 0.2) is 66.6 Å². The van der Waals surface area contributed by atoms with Gasteiger partial charge in [0.1, 0.15) is 11.2 Å². The highest BCUT2D eigenvalue weighted by Crippen LogP contribution is 2.35. The lowest BCUT2D eigenvalue weighted by Crippen LogP contribution is -2.13. The van der Waals surface area contributed by atoms with Crippen molar-refractivity contribution in [2.45, 2.75) is 12.8 Å². The Morgan fingerprint density at radius 1 is 1.03 bits per heavy atom. The number of pyridine rings is 3. The van der Waals surface area contributed by atoms with Crippen LogP contribution < -0.4 is 5.32 Å². The number of nitrogens with zero attached hydrogens (tertiary/aromatic N) is 4. The zero-order chi connectivity index (χ0) is 23.4. The Morgan fingerprint density at radius 3 is 2.80 bits per heavy atom. The Balaban J connectivity index is 1.29. The molecule has 8 nitrogen and oxygen atoms in total. The molecule has 0 saturated heterocycles. The summed E-state index contributed by atoms with van der Waals surface area (Å²) in [6.07, 6.45) is 9.06. The first-order valence-corrected chi connectivity index (χ1v) is 12.2. The minimum absolute atomic E-state index is 0.0553. The van der Waals surface area contributed by atoms with E-state index in [0.29, 0.717) is 5.69 Å². The van der Waals surface area contributed by atoms with Gasteiger partial charge in [-0.25, -0.2) is 4.98 Å². The van der Waals surface area contributed by atoms with E-state index >= 15 is 0 Å². The molecule has 9 heteroatoms. The van der Waals surface area contributed by atoms with E-state index in [9.17, 15) is 4.79 Å². The molecule has 1 amide bonds. The van der Waals surface area contributed by atoms with Crippen molar-refractivity contribution in [2.24, 2.45) is 5.92 Å². The number of carbonyl (C=O) groups excluding carboxylic acids is 1. The number of H-pyrrole nitrogens is 2. The third kappa shape index (κ3) is 3.57. The molecule has 0 aliphatic heterocycles. The van der Waals surface area contributed by atoms with Crippen LogP contribution in [-0.2, 0) is 4.79 Å². The number of fused-ring (bicyclic) bond motifs is 2. The number of aromatic amines is 2. The summed E-state index contributed by atoms with van der Waals surface area (Å²) in [6, 6.07) is 12.0. The zero-order valence-corrected chi connectivity index (χ0v) is 19.3. The number of anilines is 1. The van der Waals surface area contributed by atoms with Crippen molar-refractivity contribution >= 4 is 44.9 Å². The van der Waals surface area contributed by atoms with Crippen LogP contribution in [0.3, 0.4) is 0 Å². The van der Waals surface area contributed by atoms with Gasteiger partial charge in [-0.2, -0.15) is 5.10 Å². The van der Waals surface area contributed by atoms with Gasteiger partial charge in [0, 0.05) is 39.7 Å². The predicted octanol–water partition coefficient (Wildman–Crippen LogP) is 5.64. The maximum atomic E-state index is 12.2. The molecule has 0 aromatic carbocycles. The van der Waals surface area contributed by atoms with Crippen LogP contribution >= 0.6 is 11.3 Å². The molecule has 1 aliphatic rings. The standard InChI is InChI=1S/C26H19N7OS/c34-26(14-3-4-14)29-16-8-15(10-27-11-16)19-5-6-20-24(31-19)25(33-32-20)21-9-17-18(23-2-1-7-35-23)12-28-13-22(17)30-21/h1-2,5-14,30H,3-4H2,(H,29,34)(H,32,33). The molecule has 35 heavy (non-hydrogen) atoms. The number of thiophene rings is 1. The maximum Gasteiger partial charge on any atom is 0.227 e. The molecule has 1 saturated carbocycles. The average Bonchev–Trinajstić information content (AvgIpc) is 3.26. The van der Waals surface area contributed by atoms with Crippen LogP contribution in [0.4, 0.5) is 5.69 Å². The first-order valence-electron chi connectivity index (χ1n) is 11.4. The molecule has 0 unspecified atom stereocenters. The summed E-state index contributed by atoms with van der Waals surface area (Å²) in [4.78, 5) is 30.4. The van der Waals surface area contributed by atoms with Gasteiger partial charge in [-0.3, -0.25) is 19.9 Å². The second-order valence-electron chi connectivity index (χ2n) is 8.70. The molecule has 3 N–H and O–H groups in total. The molecule has 0 bridgehead atoms. The van der Waals surface area contributed by atoms with Crippen molar-refractivity contribution in [3.8, 4) is 33.1 Å². The highest BCUT2D eigenvalue weighted by Gasteiger charge is 2.29. The number of carbonyl (C=O) groups is 1. The Hall–Kier alpha value is -4.37. The quantitative estimate of drug-likeness (QED) is 0.297. The zero-order valence-electron chi connectivity index (χ0n) is 18.4. The average molecular weight is 478 g/mol.